The third-order valence-electron chi connectivity index (χ3n) is 4.76. The fraction of sp³-hybridized carbons (Fsp3) is 0.300. The number of carbonyl (C=O) groups excluding carboxylic acids is 2. The van der Waals surface area contributed by atoms with Crippen LogP contribution in [0.25, 0.3) is 11.4 Å². The third kappa shape index (κ3) is 3.92. The molecule has 9 heteroatoms. The van der Waals surface area contributed by atoms with Crippen LogP contribution in [-0.4, -0.2) is 39.5 Å². The molecule has 0 radical (unpaired) electrons. The minimum absolute atomic E-state index is 0.171. The number of carbonyl (C=O) groups is 2. The number of thioether (sulfide) groups is 1. The van der Waals surface area contributed by atoms with Crippen molar-refractivity contribution in [2.45, 2.75) is 24.4 Å². The molecule has 3 aromatic rings. The Morgan fingerprint density at radius 1 is 1.24 bits per heavy atom. The van der Waals surface area contributed by atoms with E-state index in [-0.39, 0.29) is 11.7 Å². The van der Waals surface area contributed by atoms with Crippen molar-refractivity contribution in [3.05, 3.63) is 46.3 Å². The Morgan fingerprint density at radius 3 is 2.79 bits per heavy atom. The Labute approximate surface area is 176 Å². The van der Waals surface area contributed by atoms with E-state index in [0.29, 0.717) is 15.7 Å². The molecule has 7 nitrogen and oxygen atoms in total. The minimum Gasteiger partial charge on any atom is -0.465 e. The van der Waals surface area contributed by atoms with Crippen LogP contribution in [0.5, 0.6) is 0 Å². The van der Waals surface area contributed by atoms with Gasteiger partial charge < -0.3 is 14.6 Å². The van der Waals surface area contributed by atoms with Gasteiger partial charge in [-0.1, -0.05) is 42.1 Å². The molecule has 150 valence electrons. The summed E-state index contributed by atoms with van der Waals surface area (Å²) in [5.41, 5.74) is 2.49. The Morgan fingerprint density at radius 2 is 2.03 bits per heavy atom. The molecule has 1 N–H and O–H groups in total. The second-order valence-electron chi connectivity index (χ2n) is 6.62. The highest BCUT2D eigenvalue weighted by molar-refractivity contribution is 7.99. The number of esters is 1. The summed E-state index contributed by atoms with van der Waals surface area (Å²) in [6.45, 7) is 0. The number of ether oxygens (including phenoxy) is 1. The summed E-state index contributed by atoms with van der Waals surface area (Å²) in [6, 6.07) is 9.77. The van der Waals surface area contributed by atoms with Gasteiger partial charge in [0.25, 0.3) is 0 Å². The van der Waals surface area contributed by atoms with E-state index in [2.05, 4.69) is 15.5 Å². The van der Waals surface area contributed by atoms with Gasteiger partial charge in [-0.25, -0.2) is 4.79 Å². The molecule has 0 saturated carbocycles. The molecular weight excluding hydrogens is 408 g/mol. The summed E-state index contributed by atoms with van der Waals surface area (Å²) in [6.07, 6.45) is 2.82. The molecule has 2 aromatic heterocycles. The van der Waals surface area contributed by atoms with Crippen LogP contribution in [0.2, 0.25) is 0 Å². The number of anilines is 1. The SMILES string of the molecule is COC(=O)c1c(NC(=O)CSc2nnc(-c3ccccc3)n2C)sc2c1CCC2. The van der Waals surface area contributed by atoms with E-state index >= 15 is 0 Å². The number of fused-ring (bicyclic) bond motifs is 1. The summed E-state index contributed by atoms with van der Waals surface area (Å²) in [5, 5.41) is 12.5. The second-order valence-corrected chi connectivity index (χ2v) is 8.67. The molecule has 0 fully saturated rings. The van der Waals surface area contributed by atoms with Gasteiger partial charge in [0.15, 0.2) is 11.0 Å². The van der Waals surface area contributed by atoms with E-state index in [4.69, 9.17) is 4.74 Å². The number of thiophene rings is 1. The monoisotopic (exact) mass is 428 g/mol. The Bertz CT molecular complexity index is 1060. The van der Waals surface area contributed by atoms with Crippen molar-refractivity contribution >= 4 is 40.0 Å². The zero-order valence-corrected chi connectivity index (χ0v) is 17.7. The first-order valence-electron chi connectivity index (χ1n) is 9.18. The number of amides is 1. The van der Waals surface area contributed by atoms with Crippen molar-refractivity contribution in [1.82, 2.24) is 14.8 Å². The van der Waals surface area contributed by atoms with Crippen LogP contribution >= 0.6 is 23.1 Å². The van der Waals surface area contributed by atoms with Crippen LogP contribution in [0.4, 0.5) is 5.00 Å². The van der Waals surface area contributed by atoms with Gasteiger partial charge in [-0.2, -0.15) is 0 Å². The fourth-order valence-electron chi connectivity index (χ4n) is 3.38. The molecular formula is C20H20N4O3S2. The summed E-state index contributed by atoms with van der Waals surface area (Å²) in [7, 11) is 3.24. The van der Waals surface area contributed by atoms with Crippen LogP contribution < -0.4 is 5.32 Å². The lowest BCUT2D eigenvalue weighted by Gasteiger charge is -2.07. The standard InChI is InChI=1S/C20H20N4O3S2/c1-24-17(12-7-4-3-5-8-12)22-23-20(24)28-11-15(25)21-18-16(19(26)27-2)13-9-6-10-14(13)29-18/h3-5,7-8H,6,9-11H2,1-2H3,(H,21,25). The van der Waals surface area contributed by atoms with E-state index in [9.17, 15) is 9.59 Å². The number of nitrogens with one attached hydrogen (secondary N) is 1. The van der Waals surface area contributed by atoms with Crippen LogP contribution in [0, 0.1) is 0 Å². The number of aryl methyl sites for hydroxylation is 1. The number of aromatic nitrogens is 3. The number of rotatable bonds is 6. The molecule has 1 amide bonds. The maximum absolute atomic E-state index is 12.5. The molecule has 0 atom stereocenters. The van der Waals surface area contributed by atoms with Crippen LogP contribution in [0.3, 0.4) is 0 Å². The number of benzene rings is 1. The lowest BCUT2D eigenvalue weighted by molar-refractivity contribution is -0.113. The van der Waals surface area contributed by atoms with Crippen LogP contribution in [0.1, 0.15) is 27.2 Å². The summed E-state index contributed by atoms with van der Waals surface area (Å²) in [4.78, 5) is 25.9. The largest absolute Gasteiger partial charge is 0.465 e. The minimum atomic E-state index is -0.395. The lowest BCUT2D eigenvalue weighted by atomic mass is 10.1. The van der Waals surface area contributed by atoms with Gasteiger partial charge in [0.2, 0.25) is 5.91 Å². The molecule has 0 unspecified atom stereocenters. The van der Waals surface area contributed by atoms with E-state index in [1.807, 2.05) is 41.9 Å². The topological polar surface area (TPSA) is 86.1 Å². The molecule has 2 heterocycles. The number of hydrogen-bond donors (Lipinski definition) is 1. The molecule has 1 aliphatic carbocycles. The van der Waals surface area contributed by atoms with Crippen LogP contribution in [-0.2, 0) is 29.4 Å². The summed E-state index contributed by atoms with van der Waals surface area (Å²) >= 11 is 2.78. The second kappa shape index (κ2) is 8.38. The maximum atomic E-state index is 12.5. The zero-order valence-electron chi connectivity index (χ0n) is 16.1. The van der Waals surface area contributed by atoms with Gasteiger partial charge in [-0.15, -0.1) is 21.5 Å². The van der Waals surface area contributed by atoms with E-state index in [0.717, 1.165) is 41.1 Å². The number of hydrogen-bond acceptors (Lipinski definition) is 7. The molecule has 4 rings (SSSR count). The zero-order chi connectivity index (χ0) is 20.4. The van der Waals surface area contributed by atoms with Gasteiger partial charge in [0.1, 0.15) is 5.00 Å². The Hall–Kier alpha value is -2.65. The predicted molar refractivity (Wildman–Crippen MR) is 113 cm³/mol. The highest BCUT2D eigenvalue weighted by atomic mass is 32.2. The Kier molecular flexibility index (Phi) is 5.68. The molecule has 29 heavy (non-hydrogen) atoms. The Balaban J connectivity index is 1.44. The highest BCUT2D eigenvalue weighted by Gasteiger charge is 2.28. The fourth-order valence-corrected chi connectivity index (χ4v) is 5.39. The number of nitrogens with zero attached hydrogens (tertiary/aromatic N) is 3. The van der Waals surface area contributed by atoms with Crippen molar-refractivity contribution in [3.63, 3.8) is 0 Å². The molecule has 0 aliphatic heterocycles. The molecule has 1 aromatic carbocycles. The van der Waals surface area contributed by atoms with Gasteiger partial charge >= 0.3 is 5.97 Å². The van der Waals surface area contributed by atoms with E-state index < -0.39 is 5.97 Å². The van der Waals surface area contributed by atoms with Gasteiger partial charge in [0.05, 0.1) is 18.4 Å². The van der Waals surface area contributed by atoms with Gasteiger partial charge in [-0.3, -0.25) is 4.79 Å². The highest BCUT2D eigenvalue weighted by Crippen LogP contribution is 2.39. The predicted octanol–water partition coefficient (Wildman–Crippen LogP) is 3.55. The van der Waals surface area contributed by atoms with E-state index in [1.165, 1.54) is 30.2 Å². The average Bonchev–Trinajstić information content (AvgIpc) is 3.41. The molecule has 0 bridgehead atoms. The quantitative estimate of drug-likeness (QED) is 0.477. The first-order chi connectivity index (χ1) is 14.1. The average molecular weight is 429 g/mol. The molecule has 1 aliphatic rings. The maximum Gasteiger partial charge on any atom is 0.341 e. The smallest absolute Gasteiger partial charge is 0.341 e. The van der Waals surface area contributed by atoms with Crippen molar-refractivity contribution < 1.29 is 14.3 Å². The normalized spacial score (nSPS) is 12.6. The van der Waals surface area contributed by atoms with Gasteiger partial charge in [0, 0.05) is 17.5 Å². The molecule has 0 saturated heterocycles. The van der Waals surface area contributed by atoms with Crippen molar-refractivity contribution in [2.75, 3.05) is 18.2 Å². The van der Waals surface area contributed by atoms with E-state index in [1.54, 1.807) is 0 Å². The van der Waals surface area contributed by atoms with Crippen molar-refractivity contribution in [3.8, 4) is 11.4 Å². The van der Waals surface area contributed by atoms with Gasteiger partial charge in [-0.05, 0) is 24.8 Å². The first-order valence-corrected chi connectivity index (χ1v) is 11.0. The number of methoxy groups -OCH3 is 1. The van der Waals surface area contributed by atoms with Crippen molar-refractivity contribution in [1.29, 1.82) is 0 Å². The van der Waals surface area contributed by atoms with Crippen molar-refractivity contribution in [2.24, 2.45) is 7.05 Å². The summed E-state index contributed by atoms with van der Waals surface area (Å²) < 4.78 is 6.79. The first kappa shape index (κ1) is 19.7. The lowest BCUT2D eigenvalue weighted by Crippen LogP contribution is -2.16. The van der Waals surface area contributed by atoms with Crippen LogP contribution in [0.15, 0.2) is 35.5 Å². The third-order valence-corrected chi connectivity index (χ3v) is 6.99. The molecule has 0 spiro atoms. The summed E-state index contributed by atoms with van der Waals surface area (Å²) in [5.74, 6) is 0.331.